The summed E-state index contributed by atoms with van der Waals surface area (Å²) < 4.78 is 12.6. The van der Waals surface area contributed by atoms with E-state index in [-0.39, 0.29) is 11.9 Å². The topological polar surface area (TPSA) is 35.8 Å². The second kappa shape index (κ2) is 5.23. The Morgan fingerprint density at radius 2 is 2.07 bits per heavy atom. The summed E-state index contributed by atoms with van der Waals surface area (Å²) in [6, 6.07) is 8.42. The first-order valence-electron chi connectivity index (χ1n) is 4.65. The van der Waals surface area contributed by atoms with Crippen molar-refractivity contribution in [3.63, 3.8) is 0 Å². The van der Waals surface area contributed by atoms with Crippen LogP contribution in [0.1, 0.15) is 19.8 Å². The molecule has 3 heteroatoms. The summed E-state index contributed by atoms with van der Waals surface area (Å²) in [6.07, 6.45) is 1.35. The number of anilines is 1. The molecule has 74 valence electrons. The summed E-state index contributed by atoms with van der Waals surface area (Å²) in [4.78, 5) is 0. The van der Waals surface area contributed by atoms with Gasteiger partial charge in [0.25, 0.3) is 0 Å². The van der Waals surface area contributed by atoms with Crippen LogP contribution in [0, 0.1) is 17.1 Å². The molecule has 0 saturated carbocycles. The van der Waals surface area contributed by atoms with Crippen molar-refractivity contribution in [2.45, 2.75) is 25.8 Å². The van der Waals surface area contributed by atoms with Crippen LogP contribution in [0.5, 0.6) is 0 Å². The lowest BCUT2D eigenvalue weighted by atomic mass is 10.1. The van der Waals surface area contributed by atoms with Crippen LogP contribution in [0.15, 0.2) is 24.3 Å². The molecule has 0 amide bonds. The number of hydrogen-bond acceptors (Lipinski definition) is 2. The maximum Gasteiger partial charge on any atom is 0.123 e. The number of benzene rings is 1. The van der Waals surface area contributed by atoms with Crippen LogP contribution in [0.25, 0.3) is 0 Å². The van der Waals surface area contributed by atoms with Gasteiger partial charge in [0, 0.05) is 11.7 Å². The summed E-state index contributed by atoms with van der Waals surface area (Å²) in [7, 11) is 0. The predicted molar refractivity (Wildman–Crippen MR) is 54.3 cm³/mol. The second-order valence-electron chi connectivity index (χ2n) is 3.12. The van der Waals surface area contributed by atoms with E-state index in [4.69, 9.17) is 5.26 Å². The highest BCUT2D eigenvalue weighted by molar-refractivity contribution is 5.43. The maximum absolute atomic E-state index is 12.6. The van der Waals surface area contributed by atoms with Crippen LogP contribution < -0.4 is 5.32 Å². The maximum atomic E-state index is 12.6. The zero-order chi connectivity index (χ0) is 10.4. The summed E-state index contributed by atoms with van der Waals surface area (Å²) >= 11 is 0. The van der Waals surface area contributed by atoms with E-state index in [0.717, 1.165) is 12.1 Å². The number of nitriles is 1. The van der Waals surface area contributed by atoms with Gasteiger partial charge in [-0.3, -0.25) is 0 Å². The molecule has 0 spiro atoms. The van der Waals surface area contributed by atoms with Crippen LogP contribution >= 0.6 is 0 Å². The molecular weight excluding hydrogens is 179 g/mol. The van der Waals surface area contributed by atoms with Crippen LogP contribution in [-0.2, 0) is 0 Å². The SMILES string of the molecule is CCC(CC#N)Nc1ccc(F)cc1. The molecule has 0 bridgehead atoms. The van der Waals surface area contributed by atoms with Gasteiger partial charge < -0.3 is 5.32 Å². The minimum atomic E-state index is -0.246. The molecule has 1 aromatic carbocycles. The molecule has 0 aliphatic rings. The van der Waals surface area contributed by atoms with Crippen LogP contribution in [0.2, 0.25) is 0 Å². The Hall–Kier alpha value is -1.56. The first-order valence-corrected chi connectivity index (χ1v) is 4.65. The molecule has 1 unspecified atom stereocenters. The van der Waals surface area contributed by atoms with Crippen LogP contribution in [0.3, 0.4) is 0 Å². The largest absolute Gasteiger partial charge is 0.381 e. The molecule has 14 heavy (non-hydrogen) atoms. The highest BCUT2D eigenvalue weighted by Gasteiger charge is 2.04. The number of nitrogens with zero attached hydrogens (tertiary/aromatic N) is 1. The van der Waals surface area contributed by atoms with E-state index in [1.807, 2.05) is 6.92 Å². The van der Waals surface area contributed by atoms with Gasteiger partial charge in [0.15, 0.2) is 0 Å². The van der Waals surface area contributed by atoms with E-state index >= 15 is 0 Å². The van der Waals surface area contributed by atoms with Gasteiger partial charge in [-0.2, -0.15) is 5.26 Å². The van der Waals surface area contributed by atoms with Crippen molar-refractivity contribution in [2.75, 3.05) is 5.32 Å². The van der Waals surface area contributed by atoms with E-state index in [2.05, 4.69) is 11.4 Å². The minimum Gasteiger partial charge on any atom is -0.381 e. The van der Waals surface area contributed by atoms with Crippen molar-refractivity contribution in [3.05, 3.63) is 30.1 Å². The molecule has 0 fully saturated rings. The fraction of sp³-hybridized carbons (Fsp3) is 0.364. The quantitative estimate of drug-likeness (QED) is 0.796. The van der Waals surface area contributed by atoms with Gasteiger partial charge in [-0.15, -0.1) is 0 Å². The Bertz CT molecular complexity index is 313. The lowest BCUT2D eigenvalue weighted by Gasteiger charge is -2.14. The Morgan fingerprint density at radius 1 is 1.43 bits per heavy atom. The number of nitrogens with one attached hydrogen (secondary N) is 1. The predicted octanol–water partition coefficient (Wildman–Crippen LogP) is 2.93. The lowest BCUT2D eigenvalue weighted by molar-refractivity contribution is 0.627. The van der Waals surface area contributed by atoms with Gasteiger partial charge in [-0.25, -0.2) is 4.39 Å². The third-order valence-electron chi connectivity index (χ3n) is 2.05. The fourth-order valence-corrected chi connectivity index (χ4v) is 1.19. The molecule has 0 heterocycles. The van der Waals surface area contributed by atoms with Crippen molar-refractivity contribution in [2.24, 2.45) is 0 Å². The normalized spacial score (nSPS) is 11.8. The van der Waals surface area contributed by atoms with Gasteiger partial charge in [0.2, 0.25) is 0 Å². The van der Waals surface area contributed by atoms with Gasteiger partial charge >= 0.3 is 0 Å². The van der Waals surface area contributed by atoms with Crippen molar-refractivity contribution < 1.29 is 4.39 Å². The monoisotopic (exact) mass is 192 g/mol. The average Bonchev–Trinajstić information content (AvgIpc) is 2.20. The van der Waals surface area contributed by atoms with E-state index in [1.54, 1.807) is 12.1 Å². The van der Waals surface area contributed by atoms with Crippen molar-refractivity contribution in [1.82, 2.24) is 0 Å². The zero-order valence-electron chi connectivity index (χ0n) is 8.13. The van der Waals surface area contributed by atoms with Crippen molar-refractivity contribution in [3.8, 4) is 6.07 Å². The van der Waals surface area contributed by atoms with Gasteiger partial charge in [0.05, 0.1) is 12.5 Å². The Kier molecular flexibility index (Phi) is 3.93. The summed E-state index contributed by atoms with van der Waals surface area (Å²) in [5.74, 6) is -0.246. The third kappa shape index (κ3) is 3.06. The number of halogens is 1. The van der Waals surface area contributed by atoms with Crippen molar-refractivity contribution >= 4 is 5.69 Å². The number of rotatable bonds is 4. The summed E-state index contributed by atoms with van der Waals surface area (Å²) in [6.45, 7) is 2.01. The fourth-order valence-electron chi connectivity index (χ4n) is 1.19. The van der Waals surface area contributed by atoms with Gasteiger partial charge in [-0.05, 0) is 30.7 Å². The molecule has 0 aromatic heterocycles. The first-order chi connectivity index (χ1) is 6.76. The summed E-state index contributed by atoms with van der Waals surface area (Å²) in [5.41, 5.74) is 0.855. The highest BCUT2D eigenvalue weighted by atomic mass is 19.1. The van der Waals surface area contributed by atoms with Crippen molar-refractivity contribution in [1.29, 1.82) is 5.26 Å². The standard InChI is InChI=1S/C11H13FN2/c1-2-10(7-8-13)14-11-5-3-9(12)4-6-11/h3-6,10,14H,2,7H2,1H3. The molecule has 0 aliphatic heterocycles. The minimum absolute atomic E-state index is 0.144. The molecule has 1 rings (SSSR count). The Labute approximate surface area is 83.4 Å². The summed E-state index contributed by atoms with van der Waals surface area (Å²) in [5, 5.41) is 11.7. The second-order valence-corrected chi connectivity index (χ2v) is 3.12. The number of hydrogen-bond donors (Lipinski definition) is 1. The highest BCUT2D eigenvalue weighted by Crippen LogP contribution is 2.12. The molecule has 2 nitrogen and oxygen atoms in total. The molecule has 1 aromatic rings. The molecule has 1 N–H and O–H groups in total. The van der Waals surface area contributed by atoms with E-state index < -0.39 is 0 Å². The Morgan fingerprint density at radius 3 is 2.57 bits per heavy atom. The third-order valence-corrected chi connectivity index (χ3v) is 2.05. The molecular formula is C11H13FN2. The zero-order valence-corrected chi connectivity index (χ0v) is 8.13. The van der Waals surface area contributed by atoms with Gasteiger partial charge in [-0.1, -0.05) is 6.92 Å². The molecule has 0 aliphatic carbocycles. The van der Waals surface area contributed by atoms with Crippen LogP contribution in [0.4, 0.5) is 10.1 Å². The molecule has 0 saturated heterocycles. The first kappa shape index (κ1) is 10.5. The average molecular weight is 192 g/mol. The van der Waals surface area contributed by atoms with E-state index in [9.17, 15) is 4.39 Å². The van der Waals surface area contributed by atoms with E-state index in [0.29, 0.717) is 6.42 Å². The lowest BCUT2D eigenvalue weighted by Crippen LogP contribution is -2.17. The smallest absolute Gasteiger partial charge is 0.123 e. The van der Waals surface area contributed by atoms with Crippen LogP contribution in [-0.4, -0.2) is 6.04 Å². The molecule has 0 radical (unpaired) electrons. The van der Waals surface area contributed by atoms with E-state index in [1.165, 1.54) is 12.1 Å². The van der Waals surface area contributed by atoms with Gasteiger partial charge in [0.1, 0.15) is 5.82 Å². The molecule has 1 atom stereocenters. The Balaban J connectivity index is 2.59.